The Morgan fingerprint density at radius 1 is 1.00 bits per heavy atom. The largest absolute Gasteiger partial charge is 0.496 e. The number of nitrogens with zero attached hydrogens (tertiary/aromatic N) is 5. The van der Waals surface area contributed by atoms with Gasteiger partial charge in [-0.15, -0.1) is 0 Å². The molecule has 3 heterocycles. The predicted octanol–water partition coefficient (Wildman–Crippen LogP) is 6.38. The molecule has 1 aliphatic heterocycles. The molecule has 0 bridgehead atoms. The maximum Gasteiger partial charge on any atom is 0.410 e. The minimum absolute atomic E-state index is 0.204. The van der Waals surface area contributed by atoms with Crippen LogP contribution in [0, 0.1) is 5.41 Å². The van der Waals surface area contributed by atoms with Gasteiger partial charge in [-0.25, -0.2) is 14.8 Å². The summed E-state index contributed by atoms with van der Waals surface area (Å²) in [5, 5.41) is 8.19. The molecule has 2 N–H and O–H groups in total. The molecule has 2 aromatic heterocycles. The Morgan fingerprint density at radius 3 is 2.45 bits per heavy atom. The highest BCUT2D eigenvalue weighted by atomic mass is 16.6. The number of nitrogens with one attached hydrogen (secondary N) is 2. The molecule has 0 radical (unpaired) electrons. The SMILES string of the molecule is COc1cc2ncnc(Nc3ccc4ncccc4c3)c2cc1[C@@H]1CCCN1C(=O)[C@@H](NC(=O)[C@H](C)N(C)C(=O)OC(C)(C)C)C(C)(C)C. The van der Waals surface area contributed by atoms with Crippen molar-refractivity contribution in [2.24, 2.45) is 5.41 Å². The standard InChI is InChI=1S/C37H47N7O5/c1-22(43(8)35(47)49-37(5,6)7)33(45)42-31(36(2,3)4)34(46)44-17-11-13-29(44)26-19-25-28(20-30(26)48-9)39-21-40-32(25)41-24-14-15-27-23(18-24)12-10-16-38-27/h10,12,14-16,18-22,29,31H,11,13,17H2,1-9H3,(H,42,45)(H,39,40,41)/t22-,29-,31+/m0/s1. The monoisotopic (exact) mass is 669 g/mol. The number of hydrogen-bond acceptors (Lipinski definition) is 9. The minimum Gasteiger partial charge on any atom is -0.496 e. The highest BCUT2D eigenvalue weighted by molar-refractivity contribution is 5.94. The van der Waals surface area contributed by atoms with Crippen LogP contribution >= 0.6 is 0 Å². The molecule has 5 rings (SSSR count). The van der Waals surface area contributed by atoms with Gasteiger partial charge in [0.25, 0.3) is 0 Å². The zero-order chi connectivity index (χ0) is 35.7. The average molecular weight is 670 g/mol. The summed E-state index contributed by atoms with van der Waals surface area (Å²) in [4.78, 5) is 57.2. The number of amides is 3. The van der Waals surface area contributed by atoms with Crippen molar-refractivity contribution in [3.8, 4) is 5.75 Å². The smallest absolute Gasteiger partial charge is 0.410 e. The van der Waals surface area contributed by atoms with Gasteiger partial charge in [-0.2, -0.15) is 0 Å². The number of benzene rings is 2. The van der Waals surface area contributed by atoms with Crippen LogP contribution < -0.4 is 15.4 Å². The molecule has 3 amide bonds. The van der Waals surface area contributed by atoms with E-state index in [-0.39, 0.29) is 11.9 Å². The van der Waals surface area contributed by atoms with Gasteiger partial charge in [0.05, 0.1) is 24.2 Å². The zero-order valence-electron chi connectivity index (χ0n) is 29.8. The van der Waals surface area contributed by atoms with E-state index in [9.17, 15) is 14.4 Å². The molecule has 49 heavy (non-hydrogen) atoms. The van der Waals surface area contributed by atoms with Crippen LogP contribution in [0.1, 0.15) is 72.9 Å². The number of ether oxygens (including phenoxy) is 2. The normalized spacial score (nSPS) is 16.3. The van der Waals surface area contributed by atoms with Crippen molar-refractivity contribution in [1.82, 2.24) is 30.1 Å². The predicted molar refractivity (Wildman–Crippen MR) is 190 cm³/mol. The van der Waals surface area contributed by atoms with Crippen molar-refractivity contribution in [2.45, 2.75) is 85.0 Å². The number of pyridine rings is 1. The van der Waals surface area contributed by atoms with Crippen LogP contribution in [0.4, 0.5) is 16.3 Å². The maximum atomic E-state index is 14.4. The van der Waals surface area contributed by atoms with Gasteiger partial charge in [-0.3, -0.25) is 19.5 Å². The number of hydrogen-bond donors (Lipinski definition) is 2. The number of methoxy groups -OCH3 is 1. The van der Waals surface area contributed by atoms with E-state index in [0.717, 1.165) is 34.0 Å². The number of fused-ring (bicyclic) bond motifs is 2. The second-order valence-corrected chi connectivity index (χ2v) is 14.6. The Labute approximate surface area is 287 Å². The number of rotatable bonds is 8. The lowest BCUT2D eigenvalue weighted by molar-refractivity contribution is -0.141. The van der Waals surface area contributed by atoms with Gasteiger partial charge in [0.15, 0.2) is 0 Å². The molecule has 1 saturated heterocycles. The van der Waals surface area contributed by atoms with Gasteiger partial charge in [0.1, 0.15) is 35.6 Å². The fraction of sp³-hybridized carbons (Fsp3) is 0.459. The molecule has 4 aromatic rings. The Balaban J connectivity index is 1.43. The molecule has 12 heteroatoms. The number of likely N-dealkylation sites (tertiary alicyclic amines) is 1. The van der Waals surface area contributed by atoms with E-state index in [4.69, 9.17) is 9.47 Å². The summed E-state index contributed by atoms with van der Waals surface area (Å²) in [7, 11) is 3.12. The first-order chi connectivity index (χ1) is 23.1. The van der Waals surface area contributed by atoms with Crippen LogP contribution in [-0.2, 0) is 14.3 Å². The summed E-state index contributed by atoms with van der Waals surface area (Å²) in [6.07, 6.45) is 4.15. The molecule has 1 aliphatic rings. The van der Waals surface area contributed by atoms with E-state index in [0.29, 0.717) is 30.0 Å². The summed E-state index contributed by atoms with van der Waals surface area (Å²) < 4.78 is 11.3. The minimum atomic E-state index is -0.868. The number of aromatic nitrogens is 3. The molecular formula is C37H47N7O5. The number of anilines is 2. The van der Waals surface area contributed by atoms with Crippen LogP contribution in [0.2, 0.25) is 0 Å². The number of likely N-dealkylation sites (N-methyl/N-ethyl adjacent to an activating group) is 1. The molecule has 3 atom stereocenters. The van der Waals surface area contributed by atoms with Crippen molar-refractivity contribution in [2.75, 3.05) is 26.0 Å². The van der Waals surface area contributed by atoms with Gasteiger partial charge in [-0.1, -0.05) is 26.8 Å². The Morgan fingerprint density at radius 2 is 1.76 bits per heavy atom. The lowest BCUT2D eigenvalue weighted by Gasteiger charge is -2.37. The third-order valence-electron chi connectivity index (χ3n) is 8.79. The van der Waals surface area contributed by atoms with E-state index < -0.39 is 35.1 Å². The van der Waals surface area contributed by atoms with Gasteiger partial charge in [0, 0.05) is 47.9 Å². The highest BCUT2D eigenvalue weighted by Gasteiger charge is 2.42. The lowest BCUT2D eigenvalue weighted by atomic mass is 9.85. The van der Waals surface area contributed by atoms with E-state index in [1.54, 1.807) is 41.0 Å². The first kappa shape index (κ1) is 35.3. The maximum absolute atomic E-state index is 14.4. The molecule has 0 spiro atoms. The van der Waals surface area contributed by atoms with Crippen molar-refractivity contribution in [3.05, 3.63) is 60.6 Å². The summed E-state index contributed by atoms with van der Waals surface area (Å²) in [5.41, 5.74) is 1.94. The van der Waals surface area contributed by atoms with Crippen LogP contribution in [0.5, 0.6) is 5.75 Å². The van der Waals surface area contributed by atoms with E-state index in [2.05, 4.69) is 25.6 Å². The summed E-state index contributed by atoms with van der Waals surface area (Å²) >= 11 is 0. The molecule has 0 unspecified atom stereocenters. The topological polar surface area (TPSA) is 139 Å². The summed E-state index contributed by atoms with van der Waals surface area (Å²) in [6, 6.07) is 11.7. The molecule has 1 fully saturated rings. The zero-order valence-corrected chi connectivity index (χ0v) is 29.8. The van der Waals surface area contributed by atoms with E-state index >= 15 is 0 Å². The third kappa shape index (κ3) is 7.84. The lowest BCUT2D eigenvalue weighted by Crippen LogP contribution is -2.58. The fourth-order valence-electron chi connectivity index (χ4n) is 6.03. The molecule has 0 saturated carbocycles. The number of carbonyl (C=O) groups is 3. The second kappa shape index (κ2) is 13.9. The van der Waals surface area contributed by atoms with Crippen molar-refractivity contribution < 1.29 is 23.9 Å². The summed E-state index contributed by atoms with van der Waals surface area (Å²) in [6.45, 7) is 13.2. The Bertz CT molecular complexity index is 1870. The van der Waals surface area contributed by atoms with Gasteiger partial charge < -0.3 is 25.0 Å². The van der Waals surface area contributed by atoms with Gasteiger partial charge >= 0.3 is 6.09 Å². The van der Waals surface area contributed by atoms with Crippen LogP contribution in [0.15, 0.2) is 55.0 Å². The second-order valence-electron chi connectivity index (χ2n) is 14.6. The van der Waals surface area contributed by atoms with Crippen LogP contribution in [-0.4, -0.2) is 81.0 Å². The molecular weight excluding hydrogens is 622 g/mol. The van der Waals surface area contributed by atoms with E-state index in [1.165, 1.54) is 18.3 Å². The molecule has 0 aliphatic carbocycles. The Kier molecular flexibility index (Phi) is 9.98. The van der Waals surface area contributed by atoms with Crippen LogP contribution in [0.3, 0.4) is 0 Å². The van der Waals surface area contributed by atoms with Crippen molar-refractivity contribution >= 4 is 51.2 Å². The van der Waals surface area contributed by atoms with E-state index in [1.807, 2.05) is 68.1 Å². The van der Waals surface area contributed by atoms with Crippen LogP contribution in [0.25, 0.3) is 21.8 Å². The summed E-state index contributed by atoms with van der Waals surface area (Å²) in [5.74, 6) is 0.585. The number of carbonyl (C=O) groups excluding carboxylic acids is 3. The van der Waals surface area contributed by atoms with Crippen molar-refractivity contribution in [3.63, 3.8) is 0 Å². The van der Waals surface area contributed by atoms with Crippen molar-refractivity contribution in [1.29, 1.82) is 0 Å². The third-order valence-corrected chi connectivity index (χ3v) is 8.79. The molecule has 12 nitrogen and oxygen atoms in total. The van der Waals surface area contributed by atoms with Gasteiger partial charge in [-0.05, 0) is 76.3 Å². The quantitative estimate of drug-likeness (QED) is 0.219. The highest BCUT2D eigenvalue weighted by Crippen LogP contribution is 2.41. The average Bonchev–Trinajstić information content (AvgIpc) is 3.54. The molecule has 2 aromatic carbocycles. The molecule has 260 valence electrons. The fourth-order valence-corrected chi connectivity index (χ4v) is 6.03. The Hall–Kier alpha value is -5.00. The first-order valence-corrected chi connectivity index (χ1v) is 16.6. The van der Waals surface area contributed by atoms with Gasteiger partial charge in [0.2, 0.25) is 11.8 Å². The first-order valence-electron chi connectivity index (χ1n) is 16.6.